The average Bonchev–Trinajstić information content (AvgIpc) is 3.02. The molecule has 1 amide bonds. The number of carbonyl (C=O) groups is 1. The summed E-state index contributed by atoms with van der Waals surface area (Å²) in [6, 6.07) is 10.3. The molecule has 3 rings (SSSR count). The first-order valence-electron chi connectivity index (χ1n) is 6.07. The molecule has 6 heteroatoms. The first kappa shape index (κ1) is 12.6. The summed E-state index contributed by atoms with van der Waals surface area (Å²) in [6.45, 7) is 0.764. The summed E-state index contributed by atoms with van der Waals surface area (Å²) in [5, 5.41) is 5.60. The van der Waals surface area contributed by atoms with E-state index in [0.717, 1.165) is 18.1 Å². The molecule has 1 aromatic heterocycles. The summed E-state index contributed by atoms with van der Waals surface area (Å²) in [6.07, 6.45) is 0. The van der Waals surface area contributed by atoms with Gasteiger partial charge in [0.05, 0.1) is 6.04 Å². The van der Waals surface area contributed by atoms with Gasteiger partial charge < -0.3 is 4.90 Å². The SMILES string of the molecule is O=C(c1csnn1)N1CCSCC1c1ccccc1. The summed E-state index contributed by atoms with van der Waals surface area (Å²) in [5.74, 6) is 1.91. The summed E-state index contributed by atoms with van der Waals surface area (Å²) < 4.78 is 3.77. The van der Waals surface area contributed by atoms with Crippen molar-refractivity contribution in [1.82, 2.24) is 14.5 Å². The van der Waals surface area contributed by atoms with E-state index in [9.17, 15) is 4.79 Å². The molecule has 0 spiro atoms. The Hall–Kier alpha value is -1.40. The largest absolute Gasteiger partial charge is 0.329 e. The minimum Gasteiger partial charge on any atom is -0.329 e. The van der Waals surface area contributed by atoms with E-state index in [0.29, 0.717) is 5.69 Å². The van der Waals surface area contributed by atoms with E-state index in [2.05, 4.69) is 21.7 Å². The van der Waals surface area contributed by atoms with Crippen molar-refractivity contribution in [2.24, 2.45) is 0 Å². The predicted molar refractivity (Wildman–Crippen MR) is 77.5 cm³/mol. The number of hydrogen-bond donors (Lipinski definition) is 0. The molecule has 2 aromatic rings. The number of amides is 1. The number of benzene rings is 1. The van der Waals surface area contributed by atoms with E-state index in [-0.39, 0.29) is 11.9 Å². The molecule has 19 heavy (non-hydrogen) atoms. The Balaban J connectivity index is 1.87. The molecule has 1 saturated heterocycles. The Bertz CT molecular complexity index is 544. The van der Waals surface area contributed by atoms with Crippen LogP contribution in [0.3, 0.4) is 0 Å². The van der Waals surface area contributed by atoms with Gasteiger partial charge in [-0.15, -0.1) is 5.10 Å². The van der Waals surface area contributed by atoms with E-state index in [1.54, 1.807) is 5.38 Å². The van der Waals surface area contributed by atoms with Gasteiger partial charge in [-0.3, -0.25) is 4.79 Å². The lowest BCUT2D eigenvalue weighted by atomic mass is 10.1. The van der Waals surface area contributed by atoms with Gasteiger partial charge in [-0.05, 0) is 17.1 Å². The monoisotopic (exact) mass is 291 g/mol. The fourth-order valence-electron chi connectivity index (χ4n) is 2.20. The van der Waals surface area contributed by atoms with Crippen LogP contribution in [0.2, 0.25) is 0 Å². The molecule has 1 aliphatic rings. The number of rotatable bonds is 2. The van der Waals surface area contributed by atoms with E-state index in [1.165, 1.54) is 17.1 Å². The van der Waals surface area contributed by atoms with Gasteiger partial charge in [-0.1, -0.05) is 34.8 Å². The quantitative estimate of drug-likeness (QED) is 0.853. The fraction of sp³-hybridized carbons (Fsp3) is 0.308. The molecule has 2 heterocycles. The lowest BCUT2D eigenvalue weighted by molar-refractivity contribution is 0.0695. The lowest BCUT2D eigenvalue weighted by Crippen LogP contribution is -2.40. The third-order valence-corrected chi connectivity index (χ3v) is 4.68. The summed E-state index contributed by atoms with van der Waals surface area (Å²) in [5.41, 5.74) is 1.64. The highest BCUT2D eigenvalue weighted by Gasteiger charge is 2.29. The van der Waals surface area contributed by atoms with E-state index >= 15 is 0 Å². The van der Waals surface area contributed by atoms with Gasteiger partial charge in [0.15, 0.2) is 5.69 Å². The molecule has 4 nitrogen and oxygen atoms in total. The predicted octanol–water partition coefficient (Wildman–Crippen LogP) is 2.47. The second-order valence-electron chi connectivity index (χ2n) is 4.29. The van der Waals surface area contributed by atoms with E-state index < -0.39 is 0 Å². The van der Waals surface area contributed by atoms with Crippen molar-refractivity contribution in [3.8, 4) is 0 Å². The number of thioether (sulfide) groups is 1. The van der Waals surface area contributed by atoms with Gasteiger partial charge >= 0.3 is 0 Å². The van der Waals surface area contributed by atoms with Gasteiger partial charge in [-0.2, -0.15) is 11.8 Å². The second-order valence-corrected chi connectivity index (χ2v) is 6.05. The lowest BCUT2D eigenvalue weighted by Gasteiger charge is -2.35. The van der Waals surface area contributed by atoms with E-state index in [1.807, 2.05) is 34.9 Å². The van der Waals surface area contributed by atoms with Crippen LogP contribution in [0.4, 0.5) is 0 Å². The number of hydrogen-bond acceptors (Lipinski definition) is 5. The van der Waals surface area contributed by atoms with Crippen LogP contribution in [0.1, 0.15) is 22.1 Å². The van der Waals surface area contributed by atoms with Crippen LogP contribution in [0.5, 0.6) is 0 Å². The van der Waals surface area contributed by atoms with Crippen LogP contribution in [0, 0.1) is 0 Å². The first-order valence-corrected chi connectivity index (χ1v) is 8.06. The smallest absolute Gasteiger partial charge is 0.275 e. The highest BCUT2D eigenvalue weighted by atomic mass is 32.2. The topological polar surface area (TPSA) is 46.1 Å². The molecule has 0 aliphatic carbocycles. The maximum absolute atomic E-state index is 12.5. The highest BCUT2D eigenvalue weighted by Crippen LogP contribution is 2.30. The van der Waals surface area contributed by atoms with Crippen LogP contribution in [0.25, 0.3) is 0 Å². The Morgan fingerprint density at radius 1 is 1.32 bits per heavy atom. The maximum Gasteiger partial charge on any atom is 0.275 e. The van der Waals surface area contributed by atoms with Gasteiger partial charge in [0, 0.05) is 23.4 Å². The number of nitrogens with zero attached hydrogens (tertiary/aromatic N) is 3. The van der Waals surface area contributed by atoms with Gasteiger partial charge in [-0.25, -0.2) is 0 Å². The molecular formula is C13H13N3OS2. The molecule has 1 atom stereocenters. The Labute approximate surface area is 120 Å². The van der Waals surface area contributed by atoms with Crippen molar-refractivity contribution in [2.75, 3.05) is 18.1 Å². The average molecular weight is 291 g/mol. The Kier molecular flexibility index (Phi) is 3.79. The zero-order valence-corrected chi connectivity index (χ0v) is 11.9. The Morgan fingerprint density at radius 3 is 2.89 bits per heavy atom. The zero-order chi connectivity index (χ0) is 13.1. The van der Waals surface area contributed by atoms with Crippen LogP contribution >= 0.6 is 23.3 Å². The third-order valence-electron chi connectivity index (χ3n) is 3.15. The van der Waals surface area contributed by atoms with Crippen LogP contribution in [-0.4, -0.2) is 38.4 Å². The second kappa shape index (κ2) is 5.71. The number of aromatic nitrogens is 2. The summed E-state index contributed by atoms with van der Waals surface area (Å²) in [7, 11) is 0. The molecule has 0 saturated carbocycles. The van der Waals surface area contributed by atoms with Gasteiger partial charge in [0.2, 0.25) is 0 Å². The minimum absolute atomic E-state index is 0.0112. The minimum atomic E-state index is -0.0112. The van der Waals surface area contributed by atoms with Gasteiger partial charge in [0.1, 0.15) is 0 Å². The maximum atomic E-state index is 12.5. The first-order chi connectivity index (χ1) is 9.36. The van der Waals surface area contributed by atoms with Crippen molar-refractivity contribution in [2.45, 2.75) is 6.04 Å². The third kappa shape index (κ3) is 2.64. The van der Waals surface area contributed by atoms with Crippen molar-refractivity contribution >= 4 is 29.2 Å². The van der Waals surface area contributed by atoms with Crippen molar-refractivity contribution in [3.63, 3.8) is 0 Å². The molecular weight excluding hydrogens is 278 g/mol. The fourth-order valence-corrected chi connectivity index (χ4v) is 3.72. The van der Waals surface area contributed by atoms with Gasteiger partial charge in [0.25, 0.3) is 5.91 Å². The molecule has 1 unspecified atom stereocenters. The molecule has 0 N–H and O–H groups in total. The Morgan fingerprint density at radius 2 is 2.16 bits per heavy atom. The van der Waals surface area contributed by atoms with Crippen LogP contribution in [-0.2, 0) is 0 Å². The highest BCUT2D eigenvalue weighted by molar-refractivity contribution is 7.99. The number of carbonyl (C=O) groups excluding carboxylic acids is 1. The molecule has 1 aromatic carbocycles. The van der Waals surface area contributed by atoms with Crippen LogP contribution in [0.15, 0.2) is 35.7 Å². The van der Waals surface area contributed by atoms with Crippen molar-refractivity contribution in [1.29, 1.82) is 0 Å². The zero-order valence-electron chi connectivity index (χ0n) is 10.2. The molecule has 0 radical (unpaired) electrons. The molecule has 0 bridgehead atoms. The van der Waals surface area contributed by atoms with Crippen molar-refractivity contribution < 1.29 is 4.79 Å². The van der Waals surface area contributed by atoms with Crippen LogP contribution < -0.4 is 0 Å². The summed E-state index contributed by atoms with van der Waals surface area (Å²) >= 11 is 3.10. The molecule has 1 fully saturated rings. The normalized spacial score (nSPS) is 19.4. The molecule has 98 valence electrons. The van der Waals surface area contributed by atoms with Crippen molar-refractivity contribution in [3.05, 3.63) is 47.0 Å². The standard InChI is InChI=1S/C13H13N3OS2/c17-13(11-8-19-15-14-11)16-6-7-18-9-12(16)10-4-2-1-3-5-10/h1-5,8,12H,6-7,9H2. The van der Waals surface area contributed by atoms with E-state index in [4.69, 9.17) is 0 Å². The summed E-state index contributed by atoms with van der Waals surface area (Å²) in [4.78, 5) is 14.4. The molecule has 1 aliphatic heterocycles.